The molecule has 26 heavy (non-hydrogen) atoms. The number of rotatable bonds is 5. The molecule has 2 N–H and O–H groups in total. The fraction of sp³-hybridized carbons (Fsp3) is 0.611. The summed E-state index contributed by atoms with van der Waals surface area (Å²) in [6.45, 7) is 3.08. The van der Waals surface area contributed by atoms with Gasteiger partial charge in [0, 0.05) is 19.1 Å². The predicted octanol–water partition coefficient (Wildman–Crippen LogP) is 1.69. The van der Waals surface area contributed by atoms with Crippen LogP contribution in [0.25, 0.3) is 0 Å². The van der Waals surface area contributed by atoms with Gasteiger partial charge in [0.1, 0.15) is 0 Å². The summed E-state index contributed by atoms with van der Waals surface area (Å²) in [5.41, 5.74) is 0.837. The van der Waals surface area contributed by atoms with Gasteiger partial charge in [0.05, 0.1) is 11.3 Å². The van der Waals surface area contributed by atoms with Gasteiger partial charge in [0.2, 0.25) is 15.9 Å². The summed E-state index contributed by atoms with van der Waals surface area (Å²) in [5, 5.41) is 6.33. The van der Waals surface area contributed by atoms with E-state index in [2.05, 4.69) is 10.6 Å². The third kappa shape index (κ3) is 5.42. The van der Waals surface area contributed by atoms with E-state index in [1.54, 1.807) is 28.6 Å². The van der Waals surface area contributed by atoms with E-state index in [9.17, 15) is 13.2 Å². The zero-order valence-electron chi connectivity index (χ0n) is 14.9. The Kier molecular flexibility index (Phi) is 7.88. The highest BCUT2D eigenvalue weighted by atomic mass is 35.5. The Morgan fingerprint density at radius 1 is 1.08 bits per heavy atom. The van der Waals surface area contributed by atoms with E-state index in [0.717, 1.165) is 50.8 Å². The molecule has 0 aliphatic carbocycles. The van der Waals surface area contributed by atoms with Crippen molar-refractivity contribution in [1.82, 2.24) is 14.9 Å². The van der Waals surface area contributed by atoms with Crippen LogP contribution in [0.1, 0.15) is 37.7 Å². The molecule has 0 unspecified atom stereocenters. The molecule has 0 aromatic heterocycles. The van der Waals surface area contributed by atoms with Crippen molar-refractivity contribution in [2.45, 2.75) is 49.5 Å². The summed E-state index contributed by atoms with van der Waals surface area (Å²) < 4.78 is 26.8. The molecule has 2 saturated heterocycles. The Balaban J connectivity index is 0.00000243. The molecule has 1 aromatic rings. The maximum atomic E-state index is 12.6. The Labute approximate surface area is 162 Å². The van der Waals surface area contributed by atoms with Crippen LogP contribution < -0.4 is 10.6 Å². The van der Waals surface area contributed by atoms with Gasteiger partial charge in [-0.25, -0.2) is 8.42 Å². The minimum atomic E-state index is -3.40. The molecule has 2 heterocycles. The summed E-state index contributed by atoms with van der Waals surface area (Å²) in [4.78, 5) is 12.5. The molecule has 1 amide bonds. The van der Waals surface area contributed by atoms with Crippen molar-refractivity contribution in [1.29, 1.82) is 0 Å². The van der Waals surface area contributed by atoms with Crippen LogP contribution in [0, 0.1) is 0 Å². The van der Waals surface area contributed by atoms with Crippen molar-refractivity contribution in [3.05, 3.63) is 29.8 Å². The van der Waals surface area contributed by atoms with Crippen molar-refractivity contribution >= 4 is 28.3 Å². The molecule has 0 atom stereocenters. The van der Waals surface area contributed by atoms with Crippen molar-refractivity contribution in [3.8, 4) is 0 Å². The summed E-state index contributed by atoms with van der Waals surface area (Å²) in [6.07, 6.45) is 5.14. The highest BCUT2D eigenvalue weighted by Gasteiger charge is 2.25. The molecule has 0 bridgehead atoms. The molecule has 0 radical (unpaired) electrons. The number of halogens is 1. The molecule has 6 nitrogen and oxygen atoms in total. The van der Waals surface area contributed by atoms with Gasteiger partial charge in [-0.3, -0.25) is 4.79 Å². The average molecular weight is 402 g/mol. The van der Waals surface area contributed by atoms with Crippen LogP contribution in [0.3, 0.4) is 0 Å². The van der Waals surface area contributed by atoms with E-state index in [-0.39, 0.29) is 30.8 Å². The topological polar surface area (TPSA) is 78.5 Å². The Bertz CT molecular complexity index is 682. The molecule has 2 fully saturated rings. The number of nitrogens with one attached hydrogen (secondary N) is 2. The summed E-state index contributed by atoms with van der Waals surface area (Å²) in [7, 11) is -3.40. The number of amides is 1. The van der Waals surface area contributed by atoms with Gasteiger partial charge >= 0.3 is 0 Å². The predicted molar refractivity (Wildman–Crippen MR) is 104 cm³/mol. The lowest BCUT2D eigenvalue weighted by Crippen LogP contribution is -2.43. The van der Waals surface area contributed by atoms with E-state index in [4.69, 9.17) is 0 Å². The number of sulfonamides is 1. The fourth-order valence-corrected chi connectivity index (χ4v) is 4.98. The van der Waals surface area contributed by atoms with Gasteiger partial charge < -0.3 is 10.6 Å². The van der Waals surface area contributed by atoms with Gasteiger partial charge in [-0.1, -0.05) is 18.6 Å². The van der Waals surface area contributed by atoms with Gasteiger partial charge in [0.25, 0.3) is 0 Å². The number of carbonyl (C=O) groups excluding carboxylic acids is 1. The standard InChI is InChI=1S/C18H27N3O3S.ClH/c22-18(20-16-8-10-19-11-9-16)14-15-4-6-17(7-5-15)25(23,24)21-12-2-1-3-13-21;/h4-7,16,19H,1-3,8-14H2,(H,20,22);1H. The van der Waals surface area contributed by atoms with E-state index in [0.29, 0.717) is 18.0 Å². The van der Waals surface area contributed by atoms with Crippen LogP contribution in [0.2, 0.25) is 0 Å². The minimum Gasteiger partial charge on any atom is -0.353 e. The first kappa shape index (κ1) is 21.2. The van der Waals surface area contributed by atoms with Crippen molar-refractivity contribution in [2.24, 2.45) is 0 Å². The lowest BCUT2D eigenvalue weighted by atomic mass is 10.1. The minimum absolute atomic E-state index is 0. The SMILES string of the molecule is Cl.O=C(Cc1ccc(S(=O)(=O)N2CCCCC2)cc1)NC1CCNCC1. The molecule has 3 rings (SSSR count). The molecule has 1 aromatic carbocycles. The number of nitrogens with zero attached hydrogens (tertiary/aromatic N) is 1. The first-order valence-corrected chi connectivity index (χ1v) is 10.6. The zero-order chi connectivity index (χ0) is 17.7. The summed E-state index contributed by atoms with van der Waals surface area (Å²) in [5.74, 6) is -0.00135. The van der Waals surface area contributed by atoms with Crippen LogP contribution >= 0.6 is 12.4 Å². The summed E-state index contributed by atoms with van der Waals surface area (Å²) in [6, 6.07) is 6.98. The number of hydrogen-bond acceptors (Lipinski definition) is 4. The monoisotopic (exact) mass is 401 g/mol. The third-order valence-corrected chi connectivity index (χ3v) is 6.86. The molecular formula is C18H28ClN3O3S. The number of carbonyl (C=O) groups is 1. The molecule has 146 valence electrons. The molecule has 2 aliphatic rings. The molecule has 0 saturated carbocycles. The highest BCUT2D eigenvalue weighted by Crippen LogP contribution is 2.21. The zero-order valence-corrected chi connectivity index (χ0v) is 16.6. The molecule has 2 aliphatic heterocycles. The van der Waals surface area contributed by atoms with Crippen LogP contribution in [0.4, 0.5) is 0 Å². The van der Waals surface area contributed by atoms with Crippen molar-refractivity contribution < 1.29 is 13.2 Å². The van der Waals surface area contributed by atoms with Crippen LogP contribution in [-0.2, 0) is 21.2 Å². The second-order valence-electron chi connectivity index (χ2n) is 6.88. The largest absolute Gasteiger partial charge is 0.353 e. The van der Waals surface area contributed by atoms with Crippen LogP contribution in [0.5, 0.6) is 0 Å². The van der Waals surface area contributed by atoms with E-state index < -0.39 is 10.0 Å². The second-order valence-corrected chi connectivity index (χ2v) is 8.82. The maximum absolute atomic E-state index is 12.6. The van der Waals surface area contributed by atoms with E-state index in [1.807, 2.05) is 0 Å². The highest BCUT2D eigenvalue weighted by molar-refractivity contribution is 7.89. The maximum Gasteiger partial charge on any atom is 0.243 e. The first-order valence-electron chi connectivity index (χ1n) is 9.15. The lowest BCUT2D eigenvalue weighted by Gasteiger charge is -2.26. The van der Waals surface area contributed by atoms with Gasteiger partial charge in [-0.15, -0.1) is 12.4 Å². The fourth-order valence-electron chi connectivity index (χ4n) is 3.46. The van der Waals surface area contributed by atoms with Gasteiger partial charge in [-0.05, 0) is 56.5 Å². The van der Waals surface area contributed by atoms with Gasteiger partial charge in [0.15, 0.2) is 0 Å². The van der Waals surface area contributed by atoms with Crippen LogP contribution in [0.15, 0.2) is 29.2 Å². The number of hydrogen-bond donors (Lipinski definition) is 2. The van der Waals surface area contributed by atoms with E-state index >= 15 is 0 Å². The molecule has 0 spiro atoms. The second kappa shape index (κ2) is 9.69. The summed E-state index contributed by atoms with van der Waals surface area (Å²) >= 11 is 0. The lowest BCUT2D eigenvalue weighted by molar-refractivity contribution is -0.121. The number of benzene rings is 1. The Morgan fingerprint density at radius 2 is 1.69 bits per heavy atom. The Morgan fingerprint density at radius 3 is 2.31 bits per heavy atom. The number of piperidine rings is 2. The van der Waals surface area contributed by atoms with Gasteiger partial charge in [-0.2, -0.15) is 4.31 Å². The quantitative estimate of drug-likeness (QED) is 0.787. The first-order chi connectivity index (χ1) is 12.1. The normalized spacial score (nSPS) is 19.5. The van der Waals surface area contributed by atoms with Crippen molar-refractivity contribution in [2.75, 3.05) is 26.2 Å². The van der Waals surface area contributed by atoms with Crippen LogP contribution in [-0.4, -0.2) is 50.9 Å². The average Bonchev–Trinajstić information content (AvgIpc) is 2.63. The smallest absolute Gasteiger partial charge is 0.243 e. The molecule has 8 heteroatoms. The third-order valence-electron chi connectivity index (χ3n) is 4.95. The Hall–Kier alpha value is -1.15. The van der Waals surface area contributed by atoms with E-state index in [1.165, 1.54) is 0 Å². The molecular weight excluding hydrogens is 374 g/mol. The van der Waals surface area contributed by atoms with Crippen molar-refractivity contribution in [3.63, 3.8) is 0 Å².